The lowest BCUT2D eigenvalue weighted by Gasteiger charge is -2.10. The Balaban J connectivity index is 1.35. The van der Waals surface area contributed by atoms with Crippen molar-refractivity contribution in [3.8, 4) is 5.75 Å². The minimum Gasteiger partial charge on any atom is -0.496 e. The van der Waals surface area contributed by atoms with Gasteiger partial charge in [0, 0.05) is 26.1 Å². The second-order valence-electron chi connectivity index (χ2n) is 7.23. The van der Waals surface area contributed by atoms with E-state index < -0.39 is 0 Å². The Morgan fingerprint density at radius 2 is 1.79 bits per heavy atom. The van der Waals surface area contributed by atoms with Crippen LogP contribution in [-0.2, 0) is 6.42 Å². The SMILES string of the molecule is COc1ccccc1CCNCCCCC(=O)c1ccc2c(c1)N(C)[CH]N2C. The number of hydrogen-bond acceptors (Lipinski definition) is 5. The van der Waals surface area contributed by atoms with E-state index in [2.05, 4.69) is 21.2 Å². The molecule has 0 aromatic heterocycles. The number of benzene rings is 2. The molecule has 0 saturated carbocycles. The fourth-order valence-corrected chi connectivity index (χ4v) is 3.60. The first-order valence-corrected chi connectivity index (χ1v) is 9.90. The van der Waals surface area contributed by atoms with E-state index in [0.717, 1.165) is 55.0 Å². The summed E-state index contributed by atoms with van der Waals surface area (Å²) in [6.45, 7) is 3.86. The zero-order chi connectivity index (χ0) is 19.9. The predicted molar refractivity (Wildman–Crippen MR) is 115 cm³/mol. The summed E-state index contributed by atoms with van der Waals surface area (Å²) in [4.78, 5) is 16.6. The summed E-state index contributed by atoms with van der Waals surface area (Å²) in [6, 6.07) is 14.1. The third kappa shape index (κ3) is 4.84. The number of fused-ring (bicyclic) bond motifs is 1. The fourth-order valence-electron chi connectivity index (χ4n) is 3.60. The maximum absolute atomic E-state index is 12.5. The largest absolute Gasteiger partial charge is 0.496 e. The van der Waals surface area contributed by atoms with Crippen molar-refractivity contribution in [2.24, 2.45) is 0 Å². The number of para-hydroxylation sites is 1. The van der Waals surface area contributed by atoms with Gasteiger partial charge in [0.25, 0.3) is 0 Å². The molecule has 1 aliphatic rings. The molecule has 0 atom stereocenters. The number of Topliss-reactive ketones (excluding diaryl/α,β-unsaturated/α-hetero) is 1. The molecule has 0 amide bonds. The molecule has 0 spiro atoms. The summed E-state index contributed by atoms with van der Waals surface area (Å²) in [5.41, 5.74) is 4.25. The van der Waals surface area contributed by atoms with Crippen molar-refractivity contribution in [3.05, 3.63) is 60.3 Å². The molecule has 2 aromatic rings. The molecule has 1 heterocycles. The number of ketones is 1. The molecule has 2 aromatic carbocycles. The average molecular weight is 381 g/mol. The number of nitrogens with zero attached hydrogens (tertiary/aromatic N) is 2. The van der Waals surface area contributed by atoms with Crippen LogP contribution in [-0.4, -0.2) is 40.1 Å². The molecule has 1 N–H and O–H groups in total. The minimum atomic E-state index is 0.222. The summed E-state index contributed by atoms with van der Waals surface area (Å²) >= 11 is 0. The van der Waals surface area contributed by atoms with Crippen LogP contribution in [0.5, 0.6) is 5.75 Å². The molecule has 1 aliphatic heterocycles. The van der Waals surface area contributed by atoms with Crippen LogP contribution in [0, 0.1) is 6.67 Å². The number of rotatable bonds is 10. The van der Waals surface area contributed by atoms with E-state index in [9.17, 15) is 4.79 Å². The van der Waals surface area contributed by atoms with E-state index in [1.54, 1.807) is 7.11 Å². The number of unbranched alkanes of at least 4 members (excludes halogenated alkanes) is 1. The summed E-state index contributed by atoms with van der Waals surface area (Å²) in [6.07, 6.45) is 3.44. The molecule has 5 nitrogen and oxygen atoms in total. The highest BCUT2D eigenvalue weighted by atomic mass is 16.5. The van der Waals surface area contributed by atoms with Gasteiger partial charge in [-0.2, -0.15) is 0 Å². The monoisotopic (exact) mass is 380 g/mol. The number of nitrogens with one attached hydrogen (secondary N) is 1. The topological polar surface area (TPSA) is 44.8 Å². The fraction of sp³-hybridized carbons (Fsp3) is 0.391. The van der Waals surface area contributed by atoms with Crippen LogP contribution in [0.2, 0.25) is 0 Å². The second-order valence-corrected chi connectivity index (χ2v) is 7.23. The second kappa shape index (κ2) is 9.60. The lowest BCUT2D eigenvalue weighted by Crippen LogP contribution is -2.19. The van der Waals surface area contributed by atoms with Gasteiger partial charge in [-0.05, 0) is 62.2 Å². The van der Waals surface area contributed by atoms with Gasteiger partial charge in [0.05, 0.1) is 18.5 Å². The molecular formula is C23H30N3O2. The Kier molecular flexibility index (Phi) is 6.93. The Hall–Kier alpha value is -2.53. The number of carbonyl (C=O) groups excluding carboxylic acids is 1. The van der Waals surface area contributed by atoms with E-state index in [1.165, 1.54) is 5.56 Å². The highest BCUT2D eigenvalue weighted by Gasteiger charge is 2.22. The standard InChI is InChI=1S/C23H30N3O2/c1-25-17-26(2)21-16-19(11-12-20(21)25)22(27)9-6-7-14-24-15-13-18-8-4-5-10-23(18)28-3/h4-5,8,10-12,16-17,24H,6-7,9,13-15H2,1-3H3. The zero-order valence-electron chi connectivity index (χ0n) is 17.1. The first kappa shape index (κ1) is 20.2. The van der Waals surface area contributed by atoms with Gasteiger partial charge in [-0.15, -0.1) is 0 Å². The molecule has 28 heavy (non-hydrogen) atoms. The van der Waals surface area contributed by atoms with Crippen LogP contribution in [0.3, 0.4) is 0 Å². The minimum absolute atomic E-state index is 0.222. The van der Waals surface area contributed by atoms with Crippen LogP contribution in [0.4, 0.5) is 11.4 Å². The molecule has 1 radical (unpaired) electrons. The van der Waals surface area contributed by atoms with Gasteiger partial charge in [0.1, 0.15) is 12.4 Å². The van der Waals surface area contributed by atoms with Crippen molar-refractivity contribution < 1.29 is 9.53 Å². The number of anilines is 2. The normalized spacial score (nSPS) is 13.0. The Morgan fingerprint density at radius 3 is 2.61 bits per heavy atom. The van der Waals surface area contributed by atoms with E-state index in [0.29, 0.717) is 6.42 Å². The third-order valence-electron chi connectivity index (χ3n) is 5.17. The number of hydrogen-bond donors (Lipinski definition) is 1. The summed E-state index contributed by atoms with van der Waals surface area (Å²) < 4.78 is 5.38. The Bertz CT molecular complexity index is 806. The van der Waals surface area contributed by atoms with E-state index in [-0.39, 0.29) is 5.78 Å². The molecule has 0 bridgehead atoms. The highest BCUT2D eigenvalue weighted by Crippen LogP contribution is 2.36. The van der Waals surface area contributed by atoms with Crippen molar-refractivity contribution in [2.75, 3.05) is 44.1 Å². The summed E-state index contributed by atoms with van der Waals surface area (Å²) in [7, 11) is 5.73. The number of carbonyl (C=O) groups is 1. The maximum atomic E-state index is 12.5. The van der Waals surface area contributed by atoms with Gasteiger partial charge in [-0.3, -0.25) is 4.79 Å². The molecule has 3 rings (SSSR count). The van der Waals surface area contributed by atoms with Gasteiger partial charge in [0.15, 0.2) is 5.78 Å². The van der Waals surface area contributed by atoms with Crippen LogP contribution in [0.15, 0.2) is 42.5 Å². The lowest BCUT2D eigenvalue weighted by atomic mass is 10.0. The van der Waals surface area contributed by atoms with Crippen molar-refractivity contribution in [1.29, 1.82) is 0 Å². The quantitative estimate of drug-likeness (QED) is 0.500. The maximum Gasteiger partial charge on any atom is 0.162 e. The summed E-state index contributed by atoms with van der Waals surface area (Å²) in [5.74, 6) is 1.17. The molecule has 149 valence electrons. The molecule has 0 aliphatic carbocycles. The number of ether oxygens (including phenoxy) is 1. The Labute approximate surface area is 168 Å². The Morgan fingerprint density at radius 1 is 1.00 bits per heavy atom. The molecular weight excluding hydrogens is 350 g/mol. The molecule has 5 heteroatoms. The molecule has 0 fully saturated rings. The lowest BCUT2D eigenvalue weighted by molar-refractivity contribution is 0.0979. The molecule has 0 unspecified atom stereocenters. The predicted octanol–water partition coefficient (Wildman–Crippen LogP) is 3.89. The first-order valence-electron chi connectivity index (χ1n) is 9.90. The van der Waals surface area contributed by atoms with Crippen molar-refractivity contribution in [1.82, 2.24) is 5.32 Å². The van der Waals surface area contributed by atoms with Crippen molar-refractivity contribution >= 4 is 17.2 Å². The average Bonchev–Trinajstić information content (AvgIpc) is 3.00. The van der Waals surface area contributed by atoms with E-state index in [1.807, 2.05) is 57.2 Å². The van der Waals surface area contributed by atoms with Gasteiger partial charge >= 0.3 is 0 Å². The van der Waals surface area contributed by atoms with Crippen LogP contribution in [0.1, 0.15) is 35.2 Å². The van der Waals surface area contributed by atoms with Crippen molar-refractivity contribution in [3.63, 3.8) is 0 Å². The van der Waals surface area contributed by atoms with Gasteiger partial charge in [-0.25, -0.2) is 0 Å². The van der Waals surface area contributed by atoms with Crippen LogP contribution >= 0.6 is 0 Å². The third-order valence-corrected chi connectivity index (χ3v) is 5.17. The van der Waals surface area contributed by atoms with E-state index in [4.69, 9.17) is 4.74 Å². The highest BCUT2D eigenvalue weighted by molar-refractivity contribution is 5.98. The van der Waals surface area contributed by atoms with Crippen LogP contribution < -0.4 is 19.9 Å². The van der Waals surface area contributed by atoms with Crippen molar-refractivity contribution in [2.45, 2.75) is 25.7 Å². The first-order chi connectivity index (χ1) is 13.6. The van der Waals surface area contributed by atoms with Crippen LogP contribution in [0.25, 0.3) is 0 Å². The summed E-state index contributed by atoms with van der Waals surface area (Å²) in [5, 5.41) is 3.46. The zero-order valence-corrected chi connectivity index (χ0v) is 17.1. The van der Waals surface area contributed by atoms with Gasteiger partial charge in [-0.1, -0.05) is 18.2 Å². The van der Waals surface area contributed by atoms with Gasteiger partial charge < -0.3 is 19.9 Å². The van der Waals surface area contributed by atoms with E-state index >= 15 is 0 Å². The molecule has 0 saturated heterocycles. The smallest absolute Gasteiger partial charge is 0.162 e. The van der Waals surface area contributed by atoms with Gasteiger partial charge in [0.2, 0.25) is 0 Å². The number of methoxy groups -OCH3 is 1.